The summed E-state index contributed by atoms with van der Waals surface area (Å²) in [7, 11) is 0. The molecule has 1 aliphatic heterocycles. The Morgan fingerprint density at radius 2 is 2.19 bits per heavy atom. The van der Waals surface area contributed by atoms with Crippen LogP contribution in [0, 0.1) is 0 Å². The van der Waals surface area contributed by atoms with E-state index in [1.54, 1.807) is 16.6 Å². The molecule has 1 aliphatic rings. The van der Waals surface area contributed by atoms with E-state index in [-0.39, 0.29) is 6.61 Å². The van der Waals surface area contributed by atoms with Gasteiger partial charge in [-0.05, 0) is 18.6 Å². The molecule has 0 aromatic carbocycles. The highest BCUT2D eigenvalue weighted by atomic mass is 16.6. The number of fused-ring (bicyclic) bond motifs is 1. The lowest BCUT2D eigenvalue weighted by molar-refractivity contribution is -0.104. The van der Waals surface area contributed by atoms with Crippen molar-refractivity contribution in [1.29, 1.82) is 0 Å². The maximum Gasteiger partial charge on any atom is 0.151 e. The maximum absolute atomic E-state index is 10.4. The number of aliphatic hydroxyl groups excluding tert-OH is 3. The van der Waals surface area contributed by atoms with Crippen LogP contribution < -0.4 is 5.73 Å². The average Bonchev–Trinajstić information content (AvgIpc) is 3.03. The fraction of sp³-hybridized carbons (Fsp3) is 0.538. The summed E-state index contributed by atoms with van der Waals surface area (Å²) in [6.45, 7) is 1.46. The van der Waals surface area contributed by atoms with Crippen LogP contribution in [0.2, 0.25) is 0 Å². The summed E-state index contributed by atoms with van der Waals surface area (Å²) in [5, 5.41) is 33.9. The van der Waals surface area contributed by atoms with Gasteiger partial charge in [-0.1, -0.05) is 6.92 Å². The van der Waals surface area contributed by atoms with Gasteiger partial charge in [-0.15, -0.1) is 0 Å². The van der Waals surface area contributed by atoms with Gasteiger partial charge in [0.1, 0.15) is 35.8 Å². The van der Waals surface area contributed by atoms with Crippen LogP contribution in [0.25, 0.3) is 5.52 Å². The molecule has 8 nitrogen and oxygen atoms in total. The maximum atomic E-state index is 10.4. The van der Waals surface area contributed by atoms with Crippen LogP contribution in [-0.4, -0.2) is 54.8 Å². The first-order chi connectivity index (χ1) is 10.0. The molecule has 1 fully saturated rings. The van der Waals surface area contributed by atoms with E-state index in [9.17, 15) is 15.3 Å². The Hall–Kier alpha value is -1.74. The van der Waals surface area contributed by atoms with Crippen LogP contribution in [0.1, 0.15) is 19.0 Å². The molecule has 0 aliphatic carbocycles. The highest BCUT2D eigenvalue weighted by Gasteiger charge is 2.55. The summed E-state index contributed by atoms with van der Waals surface area (Å²) in [6.07, 6.45) is -1.47. The normalized spacial score (nSPS) is 32.9. The Bertz CT molecular complexity index is 661. The number of hydrogen-bond acceptors (Lipinski definition) is 7. The van der Waals surface area contributed by atoms with E-state index in [0.717, 1.165) is 0 Å². The van der Waals surface area contributed by atoms with Crippen molar-refractivity contribution in [1.82, 2.24) is 14.6 Å². The third kappa shape index (κ3) is 1.84. The van der Waals surface area contributed by atoms with Gasteiger partial charge in [-0.25, -0.2) is 9.50 Å². The number of aliphatic hydroxyl groups is 3. The van der Waals surface area contributed by atoms with E-state index in [1.165, 1.54) is 6.33 Å². The predicted molar refractivity (Wildman–Crippen MR) is 73.3 cm³/mol. The van der Waals surface area contributed by atoms with Crippen molar-refractivity contribution in [2.45, 2.75) is 37.3 Å². The second kappa shape index (κ2) is 4.92. The van der Waals surface area contributed by atoms with E-state index in [2.05, 4.69) is 10.1 Å². The summed E-state index contributed by atoms with van der Waals surface area (Å²) in [4.78, 5) is 3.91. The predicted octanol–water partition coefficient (Wildman–Crippen LogP) is -0.970. The number of aromatic nitrogens is 3. The molecule has 0 amide bonds. The molecule has 2 aromatic rings. The molecule has 8 heteroatoms. The molecule has 0 bridgehead atoms. The average molecular weight is 294 g/mol. The number of ether oxygens (including phenoxy) is 1. The van der Waals surface area contributed by atoms with Gasteiger partial charge in [0.2, 0.25) is 0 Å². The van der Waals surface area contributed by atoms with E-state index >= 15 is 0 Å². The van der Waals surface area contributed by atoms with Gasteiger partial charge in [0, 0.05) is 0 Å². The Labute approximate surface area is 120 Å². The summed E-state index contributed by atoms with van der Waals surface area (Å²) in [5.74, 6) is 0.314. The van der Waals surface area contributed by atoms with E-state index in [1.807, 2.05) is 6.92 Å². The monoisotopic (exact) mass is 294 g/mol. The van der Waals surface area contributed by atoms with E-state index in [0.29, 0.717) is 23.4 Å². The summed E-state index contributed by atoms with van der Waals surface area (Å²) in [5.41, 5.74) is 5.81. The zero-order chi connectivity index (χ0) is 15.2. The Morgan fingerprint density at radius 3 is 2.81 bits per heavy atom. The van der Waals surface area contributed by atoms with Crippen LogP contribution >= 0.6 is 0 Å². The first-order valence-electron chi connectivity index (χ1n) is 6.78. The minimum Gasteiger partial charge on any atom is -0.394 e. The van der Waals surface area contributed by atoms with Crippen molar-refractivity contribution in [3.8, 4) is 0 Å². The largest absolute Gasteiger partial charge is 0.394 e. The summed E-state index contributed by atoms with van der Waals surface area (Å²) in [6, 6.07) is 3.47. The lowest BCUT2D eigenvalue weighted by Gasteiger charge is -2.30. The molecule has 114 valence electrons. The first kappa shape index (κ1) is 14.2. The van der Waals surface area contributed by atoms with Crippen molar-refractivity contribution in [3.63, 3.8) is 0 Å². The third-order valence-electron chi connectivity index (χ3n) is 4.16. The second-order valence-corrected chi connectivity index (χ2v) is 5.18. The number of rotatable bonds is 3. The molecule has 0 radical (unpaired) electrons. The lowest BCUT2D eigenvalue weighted by atomic mass is 9.88. The smallest absolute Gasteiger partial charge is 0.151 e. The fourth-order valence-corrected chi connectivity index (χ4v) is 2.99. The van der Waals surface area contributed by atoms with Crippen molar-refractivity contribution in [2.24, 2.45) is 0 Å². The van der Waals surface area contributed by atoms with Gasteiger partial charge < -0.3 is 25.8 Å². The molecule has 2 aromatic heterocycles. The topological polar surface area (TPSA) is 126 Å². The number of hydrogen-bond donors (Lipinski definition) is 4. The fourth-order valence-electron chi connectivity index (χ4n) is 2.99. The van der Waals surface area contributed by atoms with Crippen LogP contribution in [-0.2, 0) is 10.3 Å². The summed E-state index contributed by atoms with van der Waals surface area (Å²) >= 11 is 0. The molecule has 0 spiro atoms. The van der Waals surface area contributed by atoms with Gasteiger partial charge in [0.15, 0.2) is 5.82 Å². The number of nitrogen functional groups attached to an aromatic ring is 1. The zero-order valence-electron chi connectivity index (χ0n) is 11.5. The molecule has 21 heavy (non-hydrogen) atoms. The summed E-state index contributed by atoms with van der Waals surface area (Å²) < 4.78 is 7.34. The highest BCUT2D eigenvalue weighted by Crippen LogP contribution is 2.42. The van der Waals surface area contributed by atoms with Gasteiger partial charge in [-0.2, -0.15) is 5.10 Å². The Kier molecular flexibility index (Phi) is 3.33. The van der Waals surface area contributed by atoms with E-state index < -0.39 is 23.9 Å². The zero-order valence-corrected chi connectivity index (χ0v) is 11.5. The van der Waals surface area contributed by atoms with Crippen molar-refractivity contribution < 1.29 is 20.1 Å². The molecule has 4 atom stereocenters. The molecule has 1 saturated heterocycles. The Morgan fingerprint density at radius 1 is 1.43 bits per heavy atom. The number of nitrogens with zero attached hydrogens (tertiary/aromatic N) is 3. The number of nitrogens with two attached hydrogens (primary N) is 1. The molecular formula is C13H18N4O4. The van der Waals surface area contributed by atoms with Gasteiger partial charge in [-0.3, -0.25) is 0 Å². The van der Waals surface area contributed by atoms with Crippen LogP contribution in [0.5, 0.6) is 0 Å². The molecule has 1 unspecified atom stereocenters. The van der Waals surface area contributed by atoms with Gasteiger partial charge in [0.25, 0.3) is 0 Å². The second-order valence-electron chi connectivity index (χ2n) is 5.18. The van der Waals surface area contributed by atoms with Crippen molar-refractivity contribution in [3.05, 3.63) is 24.2 Å². The highest BCUT2D eigenvalue weighted by molar-refractivity contribution is 5.65. The lowest BCUT2D eigenvalue weighted by Crippen LogP contribution is -2.41. The van der Waals surface area contributed by atoms with Gasteiger partial charge >= 0.3 is 0 Å². The SMILES string of the molecule is CC[C@]1(c2ccc3c(N)ncnn23)O[C@H](CO)C(O)[C@@H]1O. The first-order valence-corrected chi connectivity index (χ1v) is 6.78. The minimum atomic E-state index is -1.17. The molecule has 3 heterocycles. The van der Waals surface area contributed by atoms with Crippen molar-refractivity contribution in [2.75, 3.05) is 12.3 Å². The van der Waals surface area contributed by atoms with Crippen LogP contribution in [0.3, 0.4) is 0 Å². The molecule has 5 N–H and O–H groups in total. The molecule has 0 saturated carbocycles. The molecule has 3 rings (SSSR count). The third-order valence-corrected chi connectivity index (χ3v) is 4.16. The molecular weight excluding hydrogens is 276 g/mol. The van der Waals surface area contributed by atoms with Gasteiger partial charge in [0.05, 0.1) is 12.3 Å². The van der Waals surface area contributed by atoms with Crippen LogP contribution in [0.4, 0.5) is 5.82 Å². The Balaban J connectivity index is 2.17. The van der Waals surface area contributed by atoms with E-state index in [4.69, 9.17) is 10.5 Å². The van der Waals surface area contributed by atoms with Crippen molar-refractivity contribution >= 4 is 11.3 Å². The minimum absolute atomic E-state index is 0.314. The standard InChI is InChI=1S/C13H18N4O4/c1-2-13(11(20)10(19)8(5-18)21-13)9-4-3-7-12(14)15-6-16-17(7)9/h3-4,6,8,10-11,18-20H,2,5H2,1H3,(H2,14,15,16)/t8-,10?,11+,13-/m1/s1. The van der Waals surface area contributed by atoms with Crippen LogP contribution in [0.15, 0.2) is 18.5 Å². The number of anilines is 1. The quantitative estimate of drug-likeness (QED) is 0.573.